The predicted molar refractivity (Wildman–Crippen MR) is 67.3 cm³/mol. The SMILES string of the molecule is O=C1NCCCN(c2ccc(Cl)cc2)C1CO. The summed E-state index contributed by atoms with van der Waals surface area (Å²) in [5, 5.41) is 12.8. The van der Waals surface area contributed by atoms with Gasteiger partial charge in [0.2, 0.25) is 5.91 Å². The molecule has 0 aromatic heterocycles. The molecule has 1 aliphatic rings. The lowest BCUT2D eigenvalue weighted by Gasteiger charge is -2.29. The first-order chi connectivity index (χ1) is 8.22. The minimum atomic E-state index is -0.515. The summed E-state index contributed by atoms with van der Waals surface area (Å²) >= 11 is 5.83. The molecule has 1 saturated heterocycles. The van der Waals surface area contributed by atoms with Crippen LogP contribution in [0.2, 0.25) is 5.02 Å². The predicted octanol–water partition coefficient (Wildman–Crippen LogP) is 1.03. The van der Waals surface area contributed by atoms with Crippen LogP contribution < -0.4 is 10.2 Å². The van der Waals surface area contributed by atoms with E-state index in [4.69, 9.17) is 11.6 Å². The number of aliphatic hydroxyl groups is 1. The van der Waals surface area contributed by atoms with Crippen molar-refractivity contribution in [3.8, 4) is 0 Å². The number of carbonyl (C=O) groups excluding carboxylic acids is 1. The molecule has 0 saturated carbocycles. The van der Waals surface area contributed by atoms with E-state index in [2.05, 4.69) is 5.32 Å². The Labute approximate surface area is 105 Å². The minimum absolute atomic E-state index is 0.125. The molecule has 4 nitrogen and oxygen atoms in total. The molecule has 0 radical (unpaired) electrons. The van der Waals surface area contributed by atoms with Gasteiger partial charge in [0.15, 0.2) is 0 Å². The Hall–Kier alpha value is -1.26. The fraction of sp³-hybridized carbons (Fsp3) is 0.417. The van der Waals surface area contributed by atoms with Gasteiger partial charge in [-0.05, 0) is 30.7 Å². The largest absolute Gasteiger partial charge is 0.394 e. The van der Waals surface area contributed by atoms with Crippen LogP contribution in [0.25, 0.3) is 0 Å². The van der Waals surface area contributed by atoms with Crippen molar-refractivity contribution in [3.05, 3.63) is 29.3 Å². The van der Waals surface area contributed by atoms with Gasteiger partial charge >= 0.3 is 0 Å². The topological polar surface area (TPSA) is 52.6 Å². The number of carbonyl (C=O) groups is 1. The van der Waals surface area contributed by atoms with Gasteiger partial charge in [0.1, 0.15) is 6.04 Å². The lowest BCUT2D eigenvalue weighted by atomic mass is 10.2. The lowest BCUT2D eigenvalue weighted by molar-refractivity contribution is -0.122. The molecule has 2 N–H and O–H groups in total. The molecule has 1 aromatic rings. The number of nitrogens with one attached hydrogen (secondary N) is 1. The number of rotatable bonds is 2. The summed E-state index contributed by atoms with van der Waals surface area (Å²) in [6.07, 6.45) is 0.866. The van der Waals surface area contributed by atoms with E-state index in [1.165, 1.54) is 0 Å². The molecule has 1 amide bonds. The molecule has 0 spiro atoms. The number of hydrogen-bond acceptors (Lipinski definition) is 3. The Bertz CT molecular complexity index is 394. The maximum atomic E-state index is 11.8. The van der Waals surface area contributed by atoms with E-state index < -0.39 is 6.04 Å². The Morgan fingerprint density at radius 3 is 2.76 bits per heavy atom. The molecule has 1 atom stereocenters. The van der Waals surface area contributed by atoms with Crippen LogP contribution in [0.1, 0.15) is 6.42 Å². The van der Waals surface area contributed by atoms with Crippen molar-refractivity contribution >= 4 is 23.2 Å². The highest BCUT2D eigenvalue weighted by molar-refractivity contribution is 6.30. The zero-order valence-electron chi connectivity index (χ0n) is 9.40. The van der Waals surface area contributed by atoms with E-state index >= 15 is 0 Å². The van der Waals surface area contributed by atoms with Crippen molar-refractivity contribution in [2.75, 3.05) is 24.6 Å². The first kappa shape index (κ1) is 12.2. The monoisotopic (exact) mass is 254 g/mol. The highest BCUT2D eigenvalue weighted by atomic mass is 35.5. The van der Waals surface area contributed by atoms with Gasteiger partial charge in [0.25, 0.3) is 0 Å². The molecular formula is C12H15ClN2O2. The first-order valence-corrected chi connectivity index (χ1v) is 6.01. The second-order valence-corrected chi connectivity index (χ2v) is 4.45. The highest BCUT2D eigenvalue weighted by Gasteiger charge is 2.27. The number of aliphatic hydroxyl groups excluding tert-OH is 1. The van der Waals surface area contributed by atoms with Crippen LogP contribution in [0.15, 0.2) is 24.3 Å². The molecule has 5 heteroatoms. The molecule has 1 aromatic carbocycles. The van der Waals surface area contributed by atoms with Gasteiger partial charge in [-0.1, -0.05) is 11.6 Å². The second-order valence-electron chi connectivity index (χ2n) is 4.01. The number of hydrogen-bond donors (Lipinski definition) is 2. The Morgan fingerprint density at radius 2 is 2.12 bits per heavy atom. The summed E-state index contributed by atoms with van der Waals surface area (Å²) in [7, 11) is 0. The van der Waals surface area contributed by atoms with Crippen LogP contribution in [0, 0.1) is 0 Å². The molecule has 1 unspecified atom stereocenters. The quantitative estimate of drug-likeness (QED) is 0.829. The van der Waals surface area contributed by atoms with E-state index in [-0.39, 0.29) is 12.5 Å². The standard InChI is InChI=1S/C12H15ClN2O2/c13-9-2-4-10(5-3-9)15-7-1-6-14-12(17)11(15)8-16/h2-5,11,16H,1,6-8H2,(H,14,17). The van der Waals surface area contributed by atoms with Gasteiger partial charge in [-0.25, -0.2) is 0 Å². The van der Waals surface area contributed by atoms with Crippen LogP contribution in [-0.2, 0) is 4.79 Å². The number of halogens is 1. The zero-order chi connectivity index (χ0) is 12.3. The molecule has 2 rings (SSSR count). The van der Waals surface area contributed by atoms with Crippen LogP contribution in [0.3, 0.4) is 0 Å². The van der Waals surface area contributed by atoms with Gasteiger partial charge < -0.3 is 15.3 Å². The number of anilines is 1. The van der Waals surface area contributed by atoms with Gasteiger partial charge in [0.05, 0.1) is 6.61 Å². The second kappa shape index (κ2) is 5.38. The fourth-order valence-electron chi connectivity index (χ4n) is 2.00. The van der Waals surface area contributed by atoms with Crippen molar-refractivity contribution < 1.29 is 9.90 Å². The molecule has 1 aliphatic heterocycles. The molecule has 17 heavy (non-hydrogen) atoms. The third-order valence-electron chi connectivity index (χ3n) is 2.89. The van der Waals surface area contributed by atoms with Crippen LogP contribution in [-0.4, -0.2) is 36.8 Å². The van der Waals surface area contributed by atoms with Gasteiger partial charge in [-0.2, -0.15) is 0 Å². The Kier molecular flexibility index (Phi) is 3.86. The third kappa shape index (κ3) is 2.70. The van der Waals surface area contributed by atoms with Crippen LogP contribution in [0.4, 0.5) is 5.69 Å². The number of nitrogens with zero attached hydrogens (tertiary/aromatic N) is 1. The number of amides is 1. The molecule has 0 bridgehead atoms. The van der Waals surface area contributed by atoms with Crippen molar-refractivity contribution in [2.24, 2.45) is 0 Å². The molecule has 1 heterocycles. The average molecular weight is 255 g/mol. The number of benzene rings is 1. The first-order valence-electron chi connectivity index (χ1n) is 5.63. The summed E-state index contributed by atoms with van der Waals surface area (Å²) < 4.78 is 0. The highest BCUT2D eigenvalue weighted by Crippen LogP contribution is 2.21. The van der Waals surface area contributed by atoms with E-state index in [9.17, 15) is 9.90 Å². The third-order valence-corrected chi connectivity index (χ3v) is 3.14. The van der Waals surface area contributed by atoms with Gasteiger partial charge in [-0.3, -0.25) is 4.79 Å². The Morgan fingerprint density at radius 1 is 1.41 bits per heavy atom. The molecule has 0 aliphatic carbocycles. The fourth-order valence-corrected chi connectivity index (χ4v) is 2.13. The molecular weight excluding hydrogens is 240 g/mol. The van der Waals surface area contributed by atoms with Crippen LogP contribution in [0.5, 0.6) is 0 Å². The summed E-state index contributed by atoms with van der Waals surface area (Å²) in [6.45, 7) is 1.21. The summed E-state index contributed by atoms with van der Waals surface area (Å²) in [6, 6.07) is 6.79. The average Bonchev–Trinajstić information content (AvgIpc) is 2.52. The maximum Gasteiger partial charge on any atom is 0.245 e. The van der Waals surface area contributed by atoms with Crippen molar-refractivity contribution in [2.45, 2.75) is 12.5 Å². The summed E-state index contributed by atoms with van der Waals surface area (Å²) in [4.78, 5) is 13.7. The van der Waals surface area contributed by atoms with Crippen molar-refractivity contribution in [1.29, 1.82) is 0 Å². The minimum Gasteiger partial charge on any atom is -0.394 e. The summed E-state index contributed by atoms with van der Waals surface area (Å²) in [5.74, 6) is -0.125. The molecule has 1 fully saturated rings. The van der Waals surface area contributed by atoms with E-state index in [0.29, 0.717) is 11.6 Å². The zero-order valence-corrected chi connectivity index (χ0v) is 10.2. The maximum absolute atomic E-state index is 11.8. The van der Waals surface area contributed by atoms with E-state index in [1.807, 2.05) is 17.0 Å². The van der Waals surface area contributed by atoms with Crippen LogP contribution >= 0.6 is 11.6 Å². The molecule has 92 valence electrons. The van der Waals surface area contributed by atoms with E-state index in [0.717, 1.165) is 18.7 Å². The van der Waals surface area contributed by atoms with Gasteiger partial charge in [-0.15, -0.1) is 0 Å². The lowest BCUT2D eigenvalue weighted by Crippen LogP contribution is -2.46. The van der Waals surface area contributed by atoms with E-state index in [1.54, 1.807) is 12.1 Å². The summed E-state index contributed by atoms with van der Waals surface area (Å²) in [5.41, 5.74) is 0.908. The smallest absolute Gasteiger partial charge is 0.245 e. The van der Waals surface area contributed by atoms with Crippen molar-refractivity contribution in [1.82, 2.24) is 5.32 Å². The van der Waals surface area contributed by atoms with Gasteiger partial charge in [0, 0.05) is 23.8 Å². The van der Waals surface area contributed by atoms with Crippen molar-refractivity contribution in [3.63, 3.8) is 0 Å². The Balaban J connectivity index is 2.26. The normalized spacial score (nSPS) is 20.9.